The molecule has 2 atom stereocenters. The molecule has 2 bridgehead atoms. The molecule has 6 nitrogen and oxygen atoms in total. The van der Waals surface area contributed by atoms with Crippen LogP contribution in [0.4, 0.5) is 14.6 Å². The van der Waals surface area contributed by atoms with E-state index in [9.17, 15) is 18.7 Å². The van der Waals surface area contributed by atoms with Gasteiger partial charge < -0.3 is 15.4 Å². The fraction of sp³-hybridized carbons (Fsp3) is 0.258. The third kappa shape index (κ3) is 4.11. The molecule has 8 rings (SSSR count). The average molecular weight is 525 g/mol. The smallest absolute Gasteiger partial charge is 0.308 e. The molecule has 196 valence electrons. The number of carbonyl (C=O) groups is 1. The zero-order chi connectivity index (χ0) is 26.7. The second kappa shape index (κ2) is 9.15. The van der Waals surface area contributed by atoms with Crippen LogP contribution in [0.1, 0.15) is 25.7 Å². The molecular weight excluding hydrogens is 498 g/mol. The minimum Gasteiger partial charge on any atom is -0.481 e. The number of anilines is 1. The number of hydrogen-bond donors (Lipinski definition) is 3. The van der Waals surface area contributed by atoms with Crippen LogP contribution >= 0.6 is 0 Å². The number of aliphatic carboxylic acids is 1. The van der Waals surface area contributed by atoms with Gasteiger partial charge in [0, 0.05) is 40.9 Å². The maximum Gasteiger partial charge on any atom is 0.308 e. The lowest BCUT2D eigenvalue weighted by atomic mass is 9.61. The van der Waals surface area contributed by atoms with Crippen molar-refractivity contribution in [2.45, 2.75) is 31.7 Å². The van der Waals surface area contributed by atoms with Crippen LogP contribution in [0, 0.1) is 29.4 Å². The second-order valence-corrected chi connectivity index (χ2v) is 10.7. The Kier molecular flexibility index (Phi) is 5.58. The summed E-state index contributed by atoms with van der Waals surface area (Å²) in [6.07, 6.45) is 5.43. The number of halogens is 2. The van der Waals surface area contributed by atoms with E-state index >= 15 is 0 Å². The number of benzene rings is 3. The number of aromatic nitrogens is 3. The third-order valence-corrected chi connectivity index (χ3v) is 8.54. The first kappa shape index (κ1) is 23.8. The number of H-pyrrole nitrogens is 1. The molecule has 0 amide bonds. The molecule has 0 spiro atoms. The van der Waals surface area contributed by atoms with Crippen molar-refractivity contribution in [3.8, 4) is 22.6 Å². The molecule has 0 unspecified atom stereocenters. The molecule has 3 fully saturated rings. The van der Waals surface area contributed by atoms with Gasteiger partial charge in [0.25, 0.3) is 0 Å². The minimum absolute atomic E-state index is 0.144. The highest BCUT2D eigenvalue weighted by Crippen LogP contribution is 2.46. The Morgan fingerprint density at radius 1 is 0.923 bits per heavy atom. The van der Waals surface area contributed by atoms with Crippen molar-refractivity contribution in [2.75, 3.05) is 5.32 Å². The first-order valence-electron chi connectivity index (χ1n) is 13.3. The van der Waals surface area contributed by atoms with Crippen LogP contribution in [0.15, 0.2) is 66.9 Å². The Morgan fingerprint density at radius 2 is 1.69 bits per heavy atom. The van der Waals surface area contributed by atoms with Crippen LogP contribution in [0.5, 0.6) is 0 Å². The summed E-state index contributed by atoms with van der Waals surface area (Å²) in [6.45, 7) is 0. The quantitative estimate of drug-likeness (QED) is 0.230. The molecule has 5 aromatic rings. The maximum absolute atomic E-state index is 14.5. The van der Waals surface area contributed by atoms with Crippen LogP contribution in [-0.4, -0.2) is 32.1 Å². The van der Waals surface area contributed by atoms with Crippen LogP contribution in [0.25, 0.3) is 44.3 Å². The van der Waals surface area contributed by atoms with Gasteiger partial charge in [0.2, 0.25) is 0 Å². The van der Waals surface area contributed by atoms with E-state index in [4.69, 9.17) is 9.97 Å². The van der Waals surface area contributed by atoms with E-state index in [1.54, 1.807) is 6.20 Å². The Balaban J connectivity index is 1.37. The van der Waals surface area contributed by atoms with Crippen molar-refractivity contribution < 1.29 is 18.7 Å². The topological polar surface area (TPSA) is 90.9 Å². The Labute approximate surface area is 223 Å². The predicted molar refractivity (Wildman–Crippen MR) is 146 cm³/mol. The third-order valence-electron chi connectivity index (χ3n) is 8.54. The van der Waals surface area contributed by atoms with Crippen LogP contribution < -0.4 is 5.32 Å². The minimum atomic E-state index is -0.784. The number of nitrogens with one attached hydrogen (secondary N) is 2. The molecule has 0 aliphatic heterocycles. The number of aromatic amines is 1. The SMILES string of the molecule is O=C(O)[C@@H]1C2CCC(CC2)[C@H]1Nc1cc(-c2ccc3ccccc3c2)nc(-c2c[nH]c3c(F)cc(F)cc23)n1. The zero-order valence-corrected chi connectivity index (χ0v) is 21.0. The van der Waals surface area contributed by atoms with Gasteiger partial charge in [-0.05, 0) is 60.4 Å². The van der Waals surface area contributed by atoms with E-state index in [0.29, 0.717) is 28.3 Å². The van der Waals surface area contributed by atoms with Crippen LogP contribution in [0.2, 0.25) is 0 Å². The lowest BCUT2D eigenvalue weighted by molar-refractivity contribution is -0.148. The molecule has 3 saturated carbocycles. The number of rotatable bonds is 5. The van der Waals surface area contributed by atoms with Gasteiger partial charge >= 0.3 is 5.97 Å². The van der Waals surface area contributed by atoms with E-state index in [0.717, 1.165) is 48.1 Å². The lowest BCUT2D eigenvalue weighted by Gasteiger charge is -2.47. The highest BCUT2D eigenvalue weighted by Gasteiger charge is 2.47. The fourth-order valence-corrected chi connectivity index (χ4v) is 6.66. The lowest BCUT2D eigenvalue weighted by Crippen LogP contribution is -2.51. The van der Waals surface area contributed by atoms with Crippen molar-refractivity contribution in [3.63, 3.8) is 0 Å². The first-order valence-corrected chi connectivity index (χ1v) is 13.3. The standard InChI is InChI=1S/C31H26F2N4O2/c32-21-12-22-23(15-34-29(22)24(33)13-21)30-35-25(20-10-5-16-3-1-2-4-19(16)11-20)14-26(37-30)36-28-18-8-6-17(7-9-18)27(28)31(38)39/h1-5,10-15,17-18,27-28,34H,6-9H2,(H,38,39)(H,35,36,37)/t17?,18?,27-,28-/m1/s1. The van der Waals surface area contributed by atoms with Crippen molar-refractivity contribution >= 4 is 33.5 Å². The summed E-state index contributed by atoms with van der Waals surface area (Å²) >= 11 is 0. The number of carboxylic acids is 1. The summed E-state index contributed by atoms with van der Waals surface area (Å²) in [5, 5.41) is 16.0. The van der Waals surface area contributed by atoms with Gasteiger partial charge in [-0.25, -0.2) is 18.7 Å². The predicted octanol–water partition coefficient (Wildman–Crippen LogP) is 7.02. The molecule has 3 aliphatic carbocycles. The van der Waals surface area contributed by atoms with Crippen molar-refractivity contribution in [3.05, 3.63) is 78.5 Å². The van der Waals surface area contributed by atoms with Gasteiger partial charge in [-0.2, -0.15) is 0 Å². The van der Waals surface area contributed by atoms with E-state index in [-0.39, 0.29) is 23.4 Å². The second-order valence-electron chi connectivity index (χ2n) is 10.7. The Morgan fingerprint density at radius 3 is 2.49 bits per heavy atom. The first-order chi connectivity index (χ1) is 18.9. The molecule has 2 aromatic heterocycles. The summed E-state index contributed by atoms with van der Waals surface area (Å²) in [4.78, 5) is 24.8. The zero-order valence-electron chi connectivity index (χ0n) is 21.0. The molecular formula is C31H26F2N4O2. The summed E-state index contributed by atoms with van der Waals surface area (Å²) in [5.41, 5.74) is 2.13. The van der Waals surface area contributed by atoms with Crippen molar-refractivity contribution in [1.29, 1.82) is 0 Å². The number of hydrogen-bond acceptors (Lipinski definition) is 4. The average Bonchev–Trinajstić information content (AvgIpc) is 3.37. The van der Waals surface area contributed by atoms with Gasteiger partial charge in [0.1, 0.15) is 17.5 Å². The maximum atomic E-state index is 14.5. The number of nitrogens with zero attached hydrogens (tertiary/aromatic N) is 2. The van der Waals surface area contributed by atoms with E-state index < -0.39 is 23.5 Å². The molecule has 3 aliphatic rings. The monoisotopic (exact) mass is 524 g/mol. The summed E-state index contributed by atoms with van der Waals surface area (Å²) in [6, 6.07) is 17.8. The van der Waals surface area contributed by atoms with Gasteiger partial charge in [-0.3, -0.25) is 4.79 Å². The molecule has 0 radical (unpaired) electrons. The van der Waals surface area contributed by atoms with Crippen molar-refractivity contribution in [1.82, 2.24) is 15.0 Å². The highest BCUT2D eigenvalue weighted by atomic mass is 19.1. The van der Waals surface area contributed by atoms with Gasteiger partial charge in [-0.1, -0.05) is 36.4 Å². The molecule has 2 heterocycles. The molecule has 3 aromatic carbocycles. The van der Waals surface area contributed by atoms with Gasteiger partial charge in [0.05, 0.1) is 17.1 Å². The highest BCUT2D eigenvalue weighted by molar-refractivity contribution is 5.95. The number of fused-ring (bicyclic) bond motifs is 5. The van der Waals surface area contributed by atoms with Gasteiger partial charge in [0.15, 0.2) is 5.82 Å². The number of carboxylic acid groups (broad SMARTS) is 1. The molecule has 39 heavy (non-hydrogen) atoms. The van der Waals surface area contributed by atoms with Crippen LogP contribution in [0.3, 0.4) is 0 Å². The van der Waals surface area contributed by atoms with Crippen LogP contribution in [-0.2, 0) is 4.79 Å². The largest absolute Gasteiger partial charge is 0.481 e. The Bertz CT molecular complexity index is 1740. The van der Waals surface area contributed by atoms with E-state index in [1.165, 1.54) is 6.07 Å². The molecule has 0 saturated heterocycles. The normalized spacial score (nSPS) is 22.4. The molecule has 3 N–H and O–H groups in total. The summed E-state index contributed by atoms with van der Waals surface area (Å²) in [5.74, 6) is -1.47. The fourth-order valence-electron chi connectivity index (χ4n) is 6.66. The Hall–Kier alpha value is -4.33. The summed E-state index contributed by atoms with van der Waals surface area (Å²) < 4.78 is 28.7. The van der Waals surface area contributed by atoms with E-state index in [2.05, 4.69) is 10.3 Å². The summed E-state index contributed by atoms with van der Waals surface area (Å²) in [7, 11) is 0. The van der Waals surface area contributed by atoms with Gasteiger partial charge in [-0.15, -0.1) is 0 Å². The molecule has 8 heteroatoms. The van der Waals surface area contributed by atoms with Crippen molar-refractivity contribution in [2.24, 2.45) is 17.8 Å². The van der Waals surface area contributed by atoms with E-state index in [1.807, 2.05) is 48.5 Å².